The van der Waals surface area contributed by atoms with Crippen molar-refractivity contribution >= 4 is 99.7 Å². The van der Waals surface area contributed by atoms with Gasteiger partial charge in [-0.05, 0) is 0 Å². The second-order valence-corrected chi connectivity index (χ2v) is 35.2. The summed E-state index contributed by atoms with van der Waals surface area (Å²) in [6.45, 7) is 40.0. The molecule has 0 aliphatic rings. The Hall–Kier alpha value is 1.98. The molecule has 0 bridgehead atoms. The van der Waals surface area contributed by atoms with E-state index in [0.29, 0.717) is 0 Å². The monoisotopic (exact) mass is 895 g/mol. The summed E-state index contributed by atoms with van der Waals surface area (Å²) in [5, 5.41) is 6.46. The van der Waals surface area contributed by atoms with Crippen LogP contribution in [-0.4, -0.2) is 32.3 Å². The van der Waals surface area contributed by atoms with Crippen molar-refractivity contribution in [3.8, 4) is 0 Å². The van der Waals surface area contributed by atoms with E-state index in [4.69, 9.17) is 0 Å². The number of hydrogen-bond acceptors (Lipinski definition) is 4. The van der Waals surface area contributed by atoms with Gasteiger partial charge in [0.15, 0.2) is 0 Å². The van der Waals surface area contributed by atoms with E-state index >= 15 is 0 Å². The van der Waals surface area contributed by atoms with Gasteiger partial charge in [-0.2, -0.15) is 62.5 Å². The van der Waals surface area contributed by atoms with Crippen LogP contribution in [0.15, 0.2) is 36.4 Å². The molecule has 3 radical (unpaired) electrons. The molecule has 0 saturated carbocycles. The van der Waals surface area contributed by atoms with Crippen LogP contribution < -0.4 is 20.7 Å². The fourth-order valence-corrected chi connectivity index (χ4v) is 9.13. The Labute approximate surface area is 327 Å². The Morgan fingerprint density at radius 1 is 0.512 bits per heavy atom. The van der Waals surface area contributed by atoms with Gasteiger partial charge in [-0.25, -0.2) is 22.5 Å². The third-order valence-corrected chi connectivity index (χ3v) is 16.0. The van der Waals surface area contributed by atoms with Crippen LogP contribution in [0.3, 0.4) is 0 Å². The maximum atomic E-state index is 3.67. The van der Waals surface area contributed by atoms with Gasteiger partial charge < -0.3 is 46.6 Å². The van der Waals surface area contributed by atoms with E-state index in [9.17, 15) is 0 Å². The molecule has 0 nitrogen and oxygen atoms in total. The van der Waals surface area contributed by atoms with Crippen LogP contribution in [0, 0.1) is 34.6 Å². The maximum Gasteiger partial charge on any atom is 5.00 e. The number of rotatable bonds is 4. The van der Waals surface area contributed by atoms with Gasteiger partial charge in [0, 0.05) is 32.3 Å². The first-order chi connectivity index (χ1) is 18.0. The predicted octanol–water partition coefficient (Wildman–Crippen LogP) is 7.92. The Kier molecular flexibility index (Phi) is 29.6. The summed E-state index contributed by atoms with van der Waals surface area (Å²) in [4.78, 5) is 0. The second kappa shape index (κ2) is 23.4. The van der Waals surface area contributed by atoms with Crippen LogP contribution in [0.25, 0.3) is 0 Å². The van der Waals surface area contributed by atoms with E-state index in [1.807, 2.05) is 0 Å². The van der Waals surface area contributed by atoms with Gasteiger partial charge >= 0.3 is 53.6 Å². The molecule has 0 amide bonds. The summed E-state index contributed by atoms with van der Waals surface area (Å²) >= 11 is 14.7. The SMILES string of the molecule is C[Si](C)(C)c1cc[c-]([Si](C)(C)C)c1.C[Si](C)(C)c1cc[c-]([Si](C)(C)C)c1.Cc1c(C)c(C)[c-](C)c1C.[Fe+5].[Fe+5].[Ru+].[S-][S-].[S-][S-]. The Morgan fingerprint density at radius 2 is 0.744 bits per heavy atom. The van der Waals surface area contributed by atoms with Gasteiger partial charge in [-0.1, -0.05) is 113 Å². The molecule has 3 aromatic carbocycles. The van der Waals surface area contributed by atoms with Gasteiger partial charge in [-0.15, -0.1) is 0 Å². The van der Waals surface area contributed by atoms with Crippen molar-refractivity contribution in [1.82, 2.24) is 0 Å². The van der Waals surface area contributed by atoms with Crippen LogP contribution >= 0.6 is 0 Å². The first-order valence-corrected chi connectivity index (χ1v) is 30.7. The fraction of sp³-hybridized carbons (Fsp3) is 0.531. The molecular formula is C32H57Fe2RuS4Si4+4. The first-order valence-electron chi connectivity index (χ1n) is 14.1. The average Bonchev–Trinajstić information content (AvgIpc) is 3.57. The summed E-state index contributed by atoms with van der Waals surface area (Å²) in [6, 6.07) is 14.3. The van der Waals surface area contributed by atoms with Gasteiger partial charge in [0.2, 0.25) is 0 Å². The van der Waals surface area contributed by atoms with Gasteiger partial charge in [-0.3, -0.25) is 0 Å². The molecule has 3 aromatic rings. The van der Waals surface area contributed by atoms with Crippen molar-refractivity contribution in [2.45, 2.75) is 113 Å². The molecular weight excluding hydrogens is 838 g/mol. The molecule has 0 spiro atoms. The minimum absolute atomic E-state index is 0. The molecule has 0 unspecified atom stereocenters. The largest absolute Gasteiger partial charge is 5.00 e. The Balaban J connectivity index is -0.000000154. The van der Waals surface area contributed by atoms with Crippen LogP contribution in [0.5, 0.6) is 0 Å². The standard InChI is InChI=1S/2C11H21Si2.C10H15.2Fe.Ru.2S2/c2*1-12(2,3)10-7-8-11(9-10)13(4,5)6;1-6-7(2)9(4)10(5)8(6)3;;;;2*1-2/h2*7-9H,1-6H3;1-5H3;;;;;/q3*-1;2*+5;+1;2*-2. The van der Waals surface area contributed by atoms with Crippen molar-refractivity contribution in [3.05, 3.63) is 64.2 Å². The smallest absolute Gasteiger partial charge is 1.00 e. The summed E-state index contributed by atoms with van der Waals surface area (Å²) in [7, 11) is -4.28. The van der Waals surface area contributed by atoms with Crippen molar-refractivity contribution in [3.63, 3.8) is 0 Å². The van der Waals surface area contributed by atoms with Crippen molar-refractivity contribution in [2.24, 2.45) is 0 Å². The summed E-state index contributed by atoms with van der Waals surface area (Å²) in [5.74, 6) is 0. The zero-order chi connectivity index (χ0) is 32.4. The van der Waals surface area contributed by atoms with Crippen molar-refractivity contribution < 1.29 is 53.6 Å². The molecule has 43 heavy (non-hydrogen) atoms. The fourth-order valence-electron chi connectivity index (χ4n) is 4.16. The molecule has 0 aromatic heterocycles. The van der Waals surface area contributed by atoms with E-state index in [0.717, 1.165) is 0 Å². The summed E-state index contributed by atoms with van der Waals surface area (Å²) < 4.78 is 0. The third kappa shape index (κ3) is 18.9. The Morgan fingerprint density at radius 3 is 0.837 bits per heavy atom. The summed E-state index contributed by atoms with van der Waals surface area (Å²) in [6.07, 6.45) is 0. The summed E-state index contributed by atoms with van der Waals surface area (Å²) in [5.41, 5.74) is 7.34. The zero-order valence-corrected chi connectivity index (χ0v) is 40.9. The molecule has 0 heterocycles. The Bertz CT molecular complexity index is 945. The van der Waals surface area contributed by atoms with E-state index in [1.165, 1.54) is 27.8 Å². The minimum atomic E-state index is -1.07. The van der Waals surface area contributed by atoms with Gasteiger partial charge in [0.1, 0.15) is 0 Å². The molecule has 0 N–H and O–H groups in total. The maximum absolute atomic E-state index is 3.67. The molecule has 0 fully saturated rings. The zero-order valence-electron chi connectivity index (χ0n) is 29.7. The predicted molar refractivity (Wildman–Crippen MR) is 211 cm³/mol. The van der Waals surface area contributed by atoms with E-state index < -0.39 is 32.3 Å². The average molecular weight is 895 g/mol. The quantitative estimate of drug-likeness (QED) is 0.113. The van der Waals surface area contributed by atoms with Gasteiger partial charge in [0.25, 0.3) is 0 Å². The molecule has 245 valence electrons. The molecule has 11 heteroatoms. The van der Waals surface area contributed by atoms with Crippen molar-refractivity contribution in [2.75, 3.05) is 0 Å². The minimum Gasteiger partial charge on any atom is -1.00 e. The van der Waals surface area contributed by atoms with Crippen LogP contribution in [-0.2, 0) is 100 Å². The first kappa shape index (κ1) is 54.4. The van der Waals surface area contributed by atoms with Gasteiger partial charge in [0.05, 0.1) is 0 Å². The molecule has 3 rings (SSSR count). The van der Waals surface area contributed by atoms with Crippen LogP contribution in [0.4, 0.5) is 0 Å². The van der Waals surface area contributed by atoms with Crippen LogP contribution in [0.2, 0.25) is 78.6 Å². The van der Waals surface area contributed by atoms with Crippen molar-refractivity contribution in [1.29, 1.82) is 0 Å². The molecule has 0 saturated heterocycles. The van der Waals surface area contributed by atoms with E-state index in [-0.39, 0.29) is 53.6 Å². The topological polar surface area (TPSA) is 0 Å². The molecule has 0 atom stereocenters. The van der Waals surface area contributed by atoms with E-state index in [2.05, 4.69) is 196 Å². The third-order valence-electron chi connectivity index (χ3n) is 7.78. The molecule has 0 aliphatic carbocycles. The molecule has 0 aliphatic heterocycles. The second-order valence-electron chi connectivity index (χ2n) is 14.9. The van der Waals surface area contributed by atoms with Crippen LogP contribution in [0.1, 0.15) is 27.8 Å². The normalized spacial score (nSPS) is 10.8. The number of hydrogen-bond donors (Lipinski definition) is 0. The van der Waals surface area contributed by atoms with E-state index in [1.54, 1.807) is 20.7 Å².